The summed E-state index contributed by atoms with van der Waals surface area (Å²) in [5.74, 6) is 3.15. The highest BCUT2D eigenvalue weighted by Crippen LogP contribution is 2.43. The number of carbonyl (C=O) groups excluding carboxylic acids is 1. The Balaban J connectivity index is 0.000000709. The number of likely N-dealkylation sites (tertiary alicyclic amines) is 1. The number of aldehydes is 1. The molecule has 0 spiro atoms. The Hall–Kier alpha value is -1.94. The fourth-order valence-electron chi connectivity index (χ4n) is 5.17. The van der Waals surface area contributed by atoms with E-state index in [4.69, 9.17) is 0 Å². The molecule has 0 radical (unpaired) electrons. The van der Waals surface area contributed by atoms with Crippen molar-refractivity contribution in [3.63, 3.8) is 0 Å². The SMILES string of the molecule is CCC=O.CCCC1CC(c2ccc(CN3CCC(Cn4cc(C(C)C)cn4)CC3)cc2)C1. The molecular formula is C29H45N3O. The van der Waals surface area contributed by atoms with Gasteiger partial charge in [-0.05, 0) is 79.1 Å². The molecule has 0 amide bonds. The molecule has 1 saturated heterocycles. The maximum atomic E-state index is 9.17. The van der Waals surface area contributed by atoms with Crippen molar-refractivity contribution in [2.45, 2.75) is 97.6 Å². The van der Waals surface area contributed by atoms with E-state index in [-0.39, 0.29) is 0 Å². The minimum absolute atomic E-state index is 0.569. The lowest BCUT2D eigenvalue weighted by Crippen LogP contribution is -2.34. The van der Waals surface area contributed by atoms with Crippen LogP contribution in [0.25, 0.3) is 0 Å². The minimum atomic E-state index is 0.569. The Labute approximate surface area is 201 Å². The zero-order valence-corrected chi connectivity index (χ0v) is 21.4. The van der Waals surface area contributed by atoms with E-state index in [1.54, 1.807) is 5.56 Å². The number of hydrogen-bond acceptors (Lipinski definition) is 3. The number of piperidine rings is 1. The van der Waals surface area contributed by atoms with Gasteiger partial charge in [0.15, 0.2) is 0 Å². The molecular weight excluding hydrogens is 406 g/mol. The Kier molecular flexibility index (Phi) is 10.2. The van der Waals surface area contributed by atoms with Crippen LogP contribution in [-0.2, 0) is 17.9 Å². The van der Waals surface area contributed by atoms with E-state index in [9.17, 15) is 4.79 Å². The predicted molar refractivity (Wildman–Crippen MR) is 137 cm³/mol. The highest BCUT2D eigenvalue weighted by molar-refractivity contribution is 5.48. The van der Waals surface area contributed by atoms with Crippen LogP contribution >= 0.6 is 0 Å². The summed E-state index contributed by atoms with van der Waals surface area (Å²) in [6, 6.07) is 9.56. The highest BCUT2D eigenvalue weighted by Gasteiger charge is 2.29. The van der Waals surface area contributed by atoms with Gasteiger partial charge in [0.2, 0.25) is 0 Å². The first-order valence-corrected chi connectivity index (χ1v) is 13.3. The van der Waals surface area contributed by atoms with Crippen molar-refractivity contribution in [2.24, 2.45) is 11.8 Å². The van der Waals surface area contributed by atoms with E-state index >= 15 is 0 Å². The van der Waals surface area contributed by atoms with Gasteiger partial charge in [0.1, 0.15) is 6.29 Å². The molecule has 0 atom stereocenters. The second-order valence-electron chi connectivity index (χ2n) is 10.5. The average molecular weight is 452 g/mol. The van der Waals surface area contributed by atoms with E-state index in [2.05, 4.69) is 65.9 Å². The van der Waals surface area contributed by atoms with Gasteiger partial charge in [0.25, 0.3) is 0 Å². The molecule has 4 rings (SSSR count). The van der Waals surface area contributed by atoms with E-state index in [1.165, 1.54) is 62.7 Å². The predicted octanol–water partition coefficient (Wildman–Crippen LogP) is 6.81. The van der Waals surface area contributed by atoms with Crippen LogP contribution in [0.2, 0.25) is 0 Å². The molecule has 33 heavy (non-hydrogen) atoms. The first-order chi connectivity index (χ1) is 16.0. The van der Waals surface area contributed by atoms with Gasteiger partial charge in [-0.1, -0.05) is 64.8 Å². The molecule has 2 aromatic rings. The second kappa shape index (κ2) is 13.1. The number of carbonyl (C=O) groups is 1. The van der Waals surface area contributed by atoms with Crippen molar-refractivity contribution in [1.29, 1.82) is 0 Å². The van der Waals surface area contributed by atoms with Crippen LogP contribution in [0.15, 0.2) is 36.7 Å². The highest BCUT2D eigenvalue weighted by atomic mass is 16.1. The molecule has 2 fully saturated rings. The molecule has 1 aliphatic carbocycles. The topological polar surface area (TPSA) is 38.1 Å². The number of aromatic nitrogens is 2. The summed E-state index contributed by atoms with van der Waals surface area (Å²) in [6.45, 7) is 13.2. The molecule has 2 heterocycles. The monoisotopic (exact) mass is 451 g/mol. The van der Waals surface area contributed by atoms with Crippen molar-refractivity contribution >= 4 is 6.29 Å². The Morgan fingerprint density at radius 2 is 1.73 bits per heavy atom. The van der Waals surface area contributed by atoms with Gasteiger partial charge in [0.05, 0.1) is 6.20 Å². The van der Waals surface area contributed by atoms with Crippen LogP contribution in [0.5, 0.6) is 0 Å². The normalized spacial score (nSPS) is 21.4. The van der Waals surface area contributed by atoms with Crippen molar-refractivity contribution in [3.8, 4) is 0 Å². The Bertz CT molecular complexity index is 812. The number of benzene rings is 1. The first kappa shape index (κ1) is 25.7. The Morgan fingerprint density at radius 1 is 1.06 bits per heavy atom. The van der Waals surface area contributed by atoms with Crippen LogP contribution in [0.4, 0.5) is 0 Å². The first-order valence-electron chi connectivity index (χ1n) is 13.3. The average Bonchev–Trinajstić information content (AvgIpc) is 3.27. The number of nitrogens with zero attached hydrogens (tertiary/aromatic N) is 3. The summed E-state index contributed by atoms with van der Waals surface area (Å²) >= 11 is 0. The fourth-order valence-corrected chi connectivity index (χ4v) is 5.17. The van der Waals surface area contributed by atoms with Crippen molar-refractivity contribution in [3.05, 3.63) is 53.3 Å². The van der Waals surface area contributed by atoms with Gasteiger partial charge in [-0.25, -0.2) is 0 Å². The summed E-state index contributed by atoms with van der Waals surface area (Å²) < 4.78 is 2.17. The maximum Gasteiger partial charge on any atom is 0.119 e. The number of hydrogen-bond donors (Lipinski definition) is 0. The molecule has 1 saturated carbocycles. The van der Waals surface area contributed by atoms with Gasteiger partial charge >= 0.3 is 0 Å². The standard InChI is InChI=1S/C26H39N3.C3H6O/c1-4-5-23-14-25(15-23)24-8-6-21(7-9-24)17-28-12-10-22(11-13-28)18-29-19-26(16-27-29)20(2)3;1-2-3-4/h6-9,16,19-20,22-23,25H,4-5,10-15,17-18H2,1-3H3;3H,2H2,1H3. The van der Waals surface area contributed by atoms with E-state index in [0.29, 0.717) is 12.3 Å². The van der Waals surface area contributed by atoms with Crippen LogP contribution in [0, 0.1) is 11.8 Å². The zero-order valence-electron chi connectivity index (χ0n) is 21.4. The minimum Gasteiger partial charge on any atom is -0.303 e. The third kappa shape index (κ3) is 7.81. The summed E-state index contributed by atoms with van der Waals surface area (Å²) in [4.78, 5) is 11.8. The molecule has 0 bridgehead atoms. The molecule has 2 aliphatic rings. The summed E-state index contributed by atoms with van der Waals surface area (Å²) in [6.07, 6.45) is 14.0. The van der Waals surface area contributed by atoms with Gasteiger partial charge in [-0.2, -0.15) is 5.10 Å². The third-order valence-corrected chi connectivity index (χ3v) is 7.43. The second-order valence-corrected chi connectivity index (χ2v) is 10.5. The smallest absolute Gasteiger partial charge is 0.119 e. The van der Waals surface area contributed by atoms with E-state index in [1.807, 2.05) is 13.1 Å². The largest absolute Gasteiger partial charge is 0.303 e. The van der Waals surface area contributed by atoms with Gasteiger partial charge in [-0.3, -0.25) is 9.58 Å². The van der Waals surface area contributed by atoms with E-state index < -0.39 is 0 Å². The molecule has 4 heteroatoms. The van der Waals surface area contributed by atoms with Crippen molar-refractivity contribution < 1.29 is 4.79 Å². The summed E-state index contributed by atoms with van der Waals surface area (Å²) in [5.41, 5.74) is 4.40. The van der Waals surface area contributed by atoms with Gasteiger partial charge in [0, 0.05) is 25.7 Å². The Morgan fingerprint density at radius 3 is 2.27 bits per heavy atom. The van der Waals surface area contributed by atoms with Crippen molar-refractivity contribution in [1.82, 2.24) is 14.7 Å². The quantitative estimate of drug-likeness (QED) is 0.393. The zero-order chi connectivity index (χ0) is 23.6. The van der Waals surface area contributed by atoms with Crippen LogP contribution < -0.4 is 0 Å². The lowest BCUT2D eigenvalue weighted by Gasteiger charge is -2.36. The van der Waals surface area contributed by atoms with Crippen LogP contribution in [0.3, 0.4) is 0 Å². The lowest BCUT2D eigenvalue weighted by molar-refractivity contribution is -0.107. The molecule has 0 N–H and O–H groups in total. The molecule has 0 unspecified atom stereocenters. The summed E-state index contributed by atoms with van der Waals surface area (Å²) in [5, 5.41) is 4.57. The molecule has 4 nitrogen and oxygen atoms in total. The molecule has 1 aromatic carbocycles. The molecule has 1 aliphatic heterocycles. The fraction of sp³-hybridized carbons (Fsp3) is 0.655. The van der Waals surface area contributed by atoms with Crippen LogP contribution in [0.1, 0.15) is 101 Å². The third-order valence-electron chi connectivity index (χ3n) is 7.43. The van der Waals surface area contributed by atoms with E-state index in [0.717, 1.165) is 37.1 Å². The molecule has 182 valence electrons. The number of rotatable bonds is 9. The van der Waals surface area contributed by atoms with Gasteiger partial charge in [-0.15, -0.1) is 0 Å². The van der Waals surface area contributed by atoms with Gasteiger partial charge < -0.3 is 4.79 Å². The van der Waals surface area contributed by atoms with Crippen molar-refractivity contribution in [2.75, 3.05) is 13.1 Å². The van der Waals surface area contributed by atoms with Crippen LogP contribution in [-0.4, -0.2) is 34.1 Å². The maximum absolute atomic E-state index is 9.17. The lowest BCUT2D eigenvalue weighted by atomic mass is 9.70. The summed E-state index contributed by atoms with van der Waals surface area (Å²) in [7, 11) is 0. The molecule has 1 aromatic heterocycles.